The maximum absolute atomic E-state index is 12.9. The van der Waals surface area contributed by atoms with Crippen LogP contribution in [0.3, 0.4) is 0 Å². The van der Waals surface area contributed by atoms with Crippen LogP contribution in [0, 0.1) is 13.8 Å². The number of rotatable bonds is 4. The predicted molar refractivity (Wildman–Crippen MR) is 103 cm³/mol. The van der Waals surface area contributed by atoms with Gasteiger partial charge in [-0.25, -0.2) is 9.78 Å². The van der Waals surface area contributed by atoms with Crippen molar-refractivity contribution in [1.29, 1.82) is 0 Å². The van der Waals surface area contributed by atoms with E-state index in [0.717, 1.165) is 16.1 Å². The summed E-state index contributed by atoms with van der Waals surface area (Å²) in [6, 6.07) is 7.08. The highest BCUT2D eigenvalue weighted by atomic mass is 32.1. The van der Waals surface area contributed by atoms with E-state index in [1.807, 2.05) is 36.6 Å². The van der Waals surface area contributed by atoms with Gasteiger partial charge in [-0.3, -0.25) is 4.79 Å². The van der Waals surface area contributed by atoms with Gasteiger partial charge in [0.05, 0.1) is 25.2 Å². The summed E-state index contributed by atoms with van der Waals surface area (Å²) >= 11 is 1.47. The molecular formula is C19H19N5O3S. The molecule has 9 heteroatoms. The van der Waals surface area contributed by atoms with E-state index in [1.54, 1.807) is 11.5 Å². The van der Waals surface area contributed by atoms with Crippen molar-refractivity contribution in [3.8, 4) is 10.6 Å². The first-order chi connectivity index (χ1) is 13.4. The SMILES string of the molecule is Cc1cccc(-c2nc(CC(=O)N3Cc4nnc(C)n4CC3C(=O)O)cs2)c1. The highest BCUT2D eigenvalue weighted by molar-refractivity contribution is 7.13. The van der Waals surface area contributed by atoms with E-state index >= 15 is 0 Å². The molecule has 1 atom stereocenters. The molecule has 4 rings (SSSR count). The van der Waals surface area contributed by atoms with Gasteiger partial charge in [-0.05, 0) is 19.9 Å². The lowest BCUT2D eigenvalue weighted by Crippen LogP contribution is -2.51. The summed E-state index contributed by atoms with van der Waals surface area (Å²) in [5.74, 6) is -0.0658. The number of aliphatic carboxylic acids is 1. The summed E-state index contributed by atoms with van der Waals surface area (Å²) in [5, 5.41) is 20.3. The van der Waals surface area contributed by atoms with Gasteiger partial charge in [-0.2, -0.15) is 0 Å². The Labute approximate surface area is 165 Å². The Bertz CT molecular complexity index is 1060. The van der Waals surface area contributed by atoms with Gasteiger partial charge in [0.1, 0.15) is 16.9 Å². The number of aryl methyl sites for hydroxylation is 2. The Morgan fingerprint density at radius 1 is 1.29 bits per heavy atom. The molecule has 28 heavy (non-hydrogen) atoms. The molecule has 0 saturated heterocycles. The zero-order valence-corrected chi connectivity index (χ0v) is 16.3. The topological polar surface area (TPSA) is 101 Å². The Kier molecular flexibility index (Phi) is 4.68. The van der Waals surface area contributed by atoms with Gasteiger partial charge >= 0.3 is 5.97 Å². The van der Waals surface area contributed by atoms with Gasteiger partial charge in [-0.1, -0.05) is 23.8 Å². The Morgan fingerprint density at radius 3 is 2.86 bits per heavy atom. The molecule has 0 radical (unpaired) electrons. The zero-order chi connectivity index (χ0) is 19.8. The Balaban J connectivity index is 1.54. The second-order valence-corrected chi connectivity index (χ2v) is 7.70. The maximum atomic E-state index is 12.9. The third kappa shape index (κ3) is 3.40. The quantitative estimate of drug-likeness (QED) is 0.723. The molecule has 0 saturated carbocycles. The molecule has 1 aromatic carbocycles. The second kappa shape index (κ2) is 7.16. The minimum absolute atomic E-state index is 0.0548. The van der Waals surface area contributed by atoms with Crippen molar-refractivity contribution >= 4 is 23.2 Å². The fraction of sp³-hybridized carbons (Fsp3) is 0.316. The molecule has 0 fully saturated rings. The van der Waals surface area contributed by atoms with Crippen LogP contribution in [0.15, 0.2) is 29.6 Å². The van der Waals surface area contributed by atoms with Crippen molar-refractivity contribution in [3.63, 3.8) is 0 Å². The van der Waals surface area contributed by atoms with Gasteiger partial charge in [0.15, 0.2) is 5.82 Å². The number of carboxylic acids is 1. The first kappa shape index (κ1) is 18.3. The monoisotopic (exact) mass is 397 g/mol. The number of nitrogens with zero attached hydrogens (tertiary/aromatic N) is 5. The lowest BCUT2D eigenvalue weighted by atomic mass is 10.1. The molecule has 144 valence electrons. The van der Waals surface area contributed by atoms with Crippen LogP contribution in [0.2, 0.25) is 0 Å². The van der Waals surface area contributed by atoms with E-state index in [2.05, 4.69) is 15.2 Å². The van der Waals surface area contributed by atoms with Gasteiger partial charge in [0.25, 0.3) is 0 Å². The second-order valence-electron chi connectivity index (χ2n) is 6.84. The smallest absolute Gasteiger partial charge is 0.328 e. The van der Waals surface area contributed by atoms with Crippen LogP contribution in [-0.2, 0) is 29.1 Å². The highest BCUT2D eigenvalue weighted by Gasteiger charge is 2.36. The average molecular weight is 397 g/mol. The van der Waals surface area contributed by atoms with Crippen molar-refractivity contribution in [2.24, 2.45) is 0 Å². The minimum atomic E-state index is -1.04. The van der Waals surface area contributed by atoms with Crippen molar-refractivity contribution in [3.05, 3.63) is 52.6 Å². The minimum Gasteiger partial charge on any atom is -0.480 e. The molecule has 3 aromatic rings. The number of benzene rings is 1. The number of carbonyl (C=O) groups excluding carboxylic acids is 1. The Morgan fingerprint density at radius 2 is 2.11 bits per heavy atom. The first-order valence-corrected chi connectivity index (χ1v) is 9.72. The molecule has 1 aliphatic heterocycles. The van der Waals surface area contributed by atoms with E-state index < -0.39 is 12.0 Å². The summed E-state index contributed by atoms with van der Waals surface area (Å²) in [5.41, 5.74) is 2.79. The first-order valence-electron chi connectivity index (χ1n) is 8.85. The fourth-order valence-corrected chi connectivity index (χ4v) is 4.16. The summed E-state index contributed by atoms with van der Waals surface area (Å²) in [6.07, 6.45) is 0.0548. The number of fused-ring (bicyclic) bond motifs is 1. The van der Waals surface area contributed by atoms with Crippen molar-refractivity contribution in [2.75, 3.05) is 0 Å². The number of carbonyl (C=O) groups is 2. The molecule has 1 aliphatic rings. The van der Waals surface area contributed by atoms with Crippen molar-refractivity contribution in [1.82, 2.24) is 24.6 Å². The van der Waals surface area contributed by atoms with Crippen LogP contribution in [0.1, 0.15) is 22.9 Å². The molecule has 1 unspecified atom stereocenters. The van der Waals surface area contributed by atoms with E-state index in [0.29, 0.717) is 17.3 Å². The van der Waals surface area contributed by atoms with Gasteiger partial charge in [0.2, 0.25) is 5.91 Å². The number of carboxylic acid groups (broad SMARTS) is 1. The van der Waals surface area contributed by atoms with Crippen molar-refractivity contribution in [2.45, 2.75) is 39.4 Å². The van der Waals surface area contributed by atoms with Crippen LogP contribution < -0.4 is 0 Å². The number of hydrogen-bond donors (Lipinski definition) is 1. The highest BCUT2D eigenvalue weighted by Crippen LogP contribution is 2.25. The molecule has 0 spiro atoms. The third-order valence-electron chi connectivity index (χ3n) is 4.81. The molecule has 2 aromatic heterocycles. The lowest BCUT2D eigenvalue weighted by molar-refractivity contribution is -0.152. The standard InChI is InChI=1S/C19H19N5O3S/c1-11-4-3-5-13(6-11)18-20-14(10-28-18)7-17(25)24-9-16-22-21-12(2)23(16)8-15(24)19(26)27/h3-6,10,15H,7-9H2,1-2H3,(H,26,27). The fourth-order valence-electron chi connectivity index (χ4n) is 3.34. The number of aromatic nitrogens is 4. The van der Waals surface area contributed by atoms with E-state index in [9.17, 15) is 14.7 Å². The molecule has 3 heterocycles. The molecule has 8 nitrogen and oxygen atoms in total. The Hall–Kier alpha value is -3.07. The number of thiazole rings is 1. The van der Waals surface area contributed by atoms with Crippen molar-refractivity contribution < 1.29 is 14.7 Å². The van der Waals surface area contributed by atoms with Crippen LogP contribution in [0.5, 0.6) is 0 Å². The summed E-state index contributed by atoms with van der Waals surface area (Å²) in [4.78, 5) is 30.5. The van der Waals surface area contributed by atoms with E-state index in [4.69, 9.17) is 0 Å². The molecule has 0 aliphatic carbocycles. The number of amides is 1. The zero-order valence-electron chi connectivity index (χ0n) is 15.5. The predicted octanol–water partition coefficient (Wildman–Crippen LogP) is 2.06. The summed E-state index contributed by atoms with van der Waals surface area (Å²) in [6.45, 7) is 4.08. The van der Waals surface area contributed by atoms with Gasteiger partial charge in [-0.15, -0.1) is 21.5 Å². The van der Waals surface area contributed by atoms with E-state index in [-0.39, 0.29) is 25.4 Å². The summed E-state index contributed by atoms with van der Waals surface area (Å²) in [7, 11) is 0. The maximum Gasteiger partial charge on any atom is 0.328 e. The van der Waals surface area contributed by atoms with E-state index in [1.165, 1.54) is 16.2 Å². The van der Waals surface area contributed by atoms with Gasteiger partial charge in [0, 0.05) is 10.9 Å². The van der Waals surface area contributed by atoms with Crippen LogP contribution in [0.25, 0.3) is 10.6 Å². The van der Waals surface area contributed by atoms with Crippen LogP contribution in [-0.4, -0.2) is 47.7 Å². The summed E-state index contributed by atoms with van der Waals surface area (Å²) < 4.78 is 1.75. The normalized spacial score (nSPS) is 16.1. The van der Waals surface area contributed by atoms with Gasteiger partial charge < -0.3 is 14.6 Å². The number of hydrogen-bond acceptors (Lipinski definition) is 6. The molecule has 1 N–H and O–H groups in total. The molecular weight excluding hydrogens is 378 g/mol. The molecule has 1 amide bonds. The third-order valence-corrected chi connectivity index (χ3v) is 5.75. The average Bonchev–Trinajstić information content (AvgIpc) is 3.27. The van der Waals surface area contributed by atoms with Crippen LogP contribution >= 0.6 is 11.3 Å². The van der Waals surface area contributed by atoms with Crippen LogP contribution in [0.4, 0.5) is 0 Å². The largest absolute Gasteiger partial charge is 0.480 e. The lowest BCUT2D eigenvalue weighted by Gasteiger charge is -2.33. The molecule has 0 bridgehead atoms.